The molecule has 0 bridgehead atoms. The summed E-state index contributed by atoms with van der Waals surface area (Å²) in [6.45, 7) is 2.47. The third-order valence-electron chi connectivity index (χ3n) is 4.92. The van der Waals surface area contributed by atoms with E-state index in [1.165, 1.54) is 6.07 Å². The summed E-state index contributed by atoms with van der Waals surface area (Å²) in [5.41, 5.74) is 2.02. The van der Waals surface area contributed by atoms with Crippen molar-refractivity contribution >= 4 is 11.7 Å². The Kier molecular flexibility index (Phi) is 5.33. The van der Waals surface area contributed by atoms with Crippen molar-refractivity contribution in [3.05, 3.63) is 89.7 Å². The molecule has 1 unspecified atom stereocenters. The first-order valence-electron chi connectivity index (χ1n) is 9.37. The van der Waals surface area contributed by atoms with Crippen LogP contribution >= 0.6 is 0 Å². The fourth-order valence-corrected chi connectivity index (χ4v) is 3.28. The molecule has 1 aliphatic rings. The molecule has 4 rings (SSSR count). The van der Waals surface area contributed by atoms with Gasteiger partial charge < -0.3 is 19.7 Å². The summed E-state index contributed by atoms with van der Waals surface area (Å²) in [5, 5.41) is 2.69. The van der Waals surface area contributed by atoms with E-state index >= 15 is 0 Å². The lowest BCUT2D eigenvalue weighted by Crippen LogP contribution is -2.36. The van der Waals surface area contributed by atoms with Crippen molar-refractivity contribution in [1.82, 2.24) is 4.90 Å². The van der Waals surface area contributed by atoms with Gasteiger partial charge in [0.15, 0.2) is 11.5 Å². The molecule has 1 aliphatic heterocycles. The standard InChI is InChI=1S/C23H21FN2O3/c1-16(18-7-3-2-4-8-18)26(23(27)25-20-10-6-5-9-19(20)24)14-17-11-12-21-22(13-17)29-15-28-21/h2-13,16H,14-15H2,1H3,(H,25,27). The first kappa shape index (κ1) is 18.8. The van der Waals surface area contributed by atoms with Crippen LogP contribution in [0.4, 0.5) is 14.9 Å². The van der Waals surface area contributed by atoms with Crippen molar-refractivity contribution in [3.8, 4) is 11.5 Å². The van der Waals surface area contributed by atoms with Crippen molar-refractivity contribution in [2.45, 2.75) is 19.5 Å². The molecule has 29 heavy (non-hydrogen) atoms. The lowest BCUT2D eigenvalue weighted by molar-refractivity contribution is 0.173. The predicted molar refractivity (Wildman–Crippen MR) is 108 cm³/mol. The number of carbonyl (C=O) groups is 1. The van der Waals surface area contributed by atoms with Gasteiger partial charge in [-0.15, -0.1) is 0 Å². The molecule has 2 amide bonds. The number of nitrogens with one attached hydrogen (secondary N) is 1. The minimum atomic E-state index is -0.476. The van der Waals surface area contributed by atoms with Crippen LogP contribution in [-0.4, -0.2) is 17.7 Å². The van der Waals surface area contributed by atoms with Crippen LogP contribution in [0, 0.1) is 5.82 Å². The highest BCUT2D eigenvalue weighted by Gasteiger charge is 2.24. The number of hydrogen-bond donors (Lipinski definition) is 1. The van der Waals surface area contributed by atoms with E-state index in [4.69, 9.17) is 9.47 Å². The van der Waals surface area contributed by atoms with E-state index in [9.17, 15) is 9.18 Å². The van der Waals surface area contributed by atoms with Gasteiger partial charge in [-0.2, -0.15) is 0 Å². The number of nitrogens with zero attached hydrogens (tertiary/aromatic N) is 1. The lowest BCUT2D eigenvalue weighted by Gasteiger charge is -2.30. The van der Waals surface area contributed by atoms with Gasteiger partial charge in [0, 0.05) is 6.54 Å². The fourth-order valence-electron chi connectivity index (χ4n) is 3.28. The Labute approximate surface area is 168 Å². The second kappa shape index (κ2) is 8.22. The second-order valence-electron chi connectivity index (χ2n) is 6.81. The van der Waals surface area contributed by atoms with Gasteiger partial charge in [-0.25, -0.2) is 9.18 Å². The zero-order chi connectivity index (χ0) is 20.2. The van der Waals surface area contributed by atoms with Gasteiger partial charge in [0.25, 0.3) is 0 Å². The Hall–Kier alpha value is -3.54. The predicted octanol–water partition coefficient (Wildman–Crippen LogP) is 5.35. The third kappa shape index (κ3) is 4.16. The zero-order valence-corrected chi connectivity index (χ0v) is 16.0. The molecule has 1 atom stereocenters. The van der Waals surface area contributed by atoms with Crippen LogP contribution < -0.4 is 14.8 Å². The zero-order valence-electron chi connectivity index (χ0n) is 16.0. The molecular formula is C23H21FN2O3. The van der Waals surface area contributed by atoms with Crippen molar-refractivity contribution in [2.24, 2.45) is 0 Å². The molecule has 3 aromatic rings. The number of rotatable bonds is 5. The van der Waals surface area contributed by atoms with Crippen LogP contribution in [-0.2, 0) is 6.54 Å². The SMILES string of the molecule is CC(c1ccccc1)N(Cc1ccc2c(c1)OCO2)C(=O)Nc1ccccc1F. The molecule has 0 saturated carbocycles. The quantitative estimate of drug-likeness (QED) is 0.637. The van der Waals surface area contributed by atoms with Crippen LogP contribution in [0.1, 0.15) is 24.1 Å². The van der Waals surface area contributed by atoms with E-state index < -0.39 is 5.82 Å². The van der Waals surface area contributed by atoms with Crippen molar-refractivity contribution < 1.29 is 18.7 Å². The first-order chi connectivity index (χ1) is 14.1. The maximum atomic E-state index is 14.1. The number of amides is 2. The molecule has 1 N–H and O–H groups in total. The Morgan fingerprint density at radius 1 is 1.03 bits per heavy atom. The molecule has 6 heteroatoms. The molecular weight excluding hydrogens is 371 g/mol. The van der Waals surface area contributed by atoms with E-state index in [-0.39, 0.29) is 24.6 Å². The van der Waals surface area contributed by atoms with Gasteiger partial charge in [0.1, 0.15) is 5.82 Å². The van der Waals surface area contributed by atoms with E-state index in [1.807, 2.05) is 55.5 Å². The summed E-state index contributed by atoms with van der Waals surface area (Å²) in [4.78, 5) is 14.8. The highest BCUT2D eigenvalue weighted by molar-refractivity contribution is 5.89. The Bertz CT molecular complexity index is 1010. The third-order valence-corrected chi connectivity index (χ3v) is 4.92. The number of halogens is 1. The highest BCUT2D eigenvalue weighted by atomic mass is 19.1. The van der Waals surface area contributed by atoms with E-state index in [2.05, 4.69) is 5.32 Å². The normalized spacial score (nSPS) is 13.0. The number of urea groups is 1. The maximum Gasteiger partial charge on any atom is 0.322 e. The topological polar surface area (TPSA) is 50.8 Å². The fraction of sp³-hybridized carbons (Fsp3) is 0.174. The molecule has 3 aromatic carbocycles. The van der Waals surface area contributed by atoms with Gasteiger partial charge in [0.2, 0.25) is 6.79 Å². The number of para-hydroxylation sites is 1. The number of benzene rings is 3. The van der Waals surface area contributed by atoms with Crippen LogP contribution in [0.5, 0.6) is 11.5 Å². The van der Waals surface area contributed by atoms with Crippen LogP contribution in [0.25, 0.3) is 0 Å². The van der Waals surface area contributed by atoms with Crippen molar-refractivity contribution in [1.29, 1.82) is 0 Å². The van der Waals surface area contributed by atoms with Gasteiger partial charge in [0.05, 0.1) is 11.7 Å². The Morgan fingerprint density at radius 2 is 1.76 bits per heavy atom. The van der Waals surface area contributed by atoms with Gasteiger partial charge in [-0.3, -0.25) is 0 Å². The molecule has 0 fully saturated rings. The molecule has 0 radical (unpaired) electrons. The van der Waals surface area contributed by atoms with E-state index in [0.717, 1.165) is 11.1 Å². The highest BCUT2D eigenvalue weighted by Crippen LogP contribution is 2.34. The summed E-state index contributed by atoms with van der Waals surface area (Å²) in [6, 6.07) is 20.8. The average molecular weight is 392 g/mol. The van der Waals surface area contributed by atoms with Crippen molar-refractivity contribution in [3.63, 3.8) is 0 Å². The van der Waals surface area contributed by atoms with Gasteiger partial charge in [-0.05, 0) is 42.3 Å². The number of fused-ring (bicyclic) bond motifs is 1. The summed E-state index contributed by atoms with van der Waals surface area (Å²) in [6.07, 6.45) is 0. The monoisotopic (exact) mass is 392 g/mol. The number of carbonyl (C=O) groups excluding carboxylic acids is 1. The molecule has 1 heterocycles. The first-order valence-corrected chi connectivity index (χ1v) is 9.37. The molecule has 0 aromatic heterocycles. The molecule has 0 spiro atoms. The number of hydrogen-bond acceptors (Lipinski definition) is 3. The number of anilines is 1. The van der Waals surface area contributed by atoms with Crippen molar-refractivity contribution in [2.75, 3.05) is 12.1 Å². The molecule has 5 nitrogen and oxygen atoms in total. The van der Waals surface area contributed by atoms with Gasteiger partial charge in [-0.1, -0.05) is 48.5 Å². The van der Waals surface area contributed by atoms with Gasteiger partial charge >= 0.3 is 6.03 Å². The lowest BCUT2D eigenvalue weighted by atomic mass is 10.1. The summed E-state index contributed by atoms with van der Waals surface area (Å²) in [7, 11) is 0. The van der Waals surface area contributed by atoms with E-state index in [1.54, 1.807) is 23.1 Å². The second-order valence-corrected chi connectivity index (χ2v) is 6.81. The summed E-state index contributed by atoms with van der Waals surface area (Å²) < 4.78 is 24.9. The van der Waals surface area contributed by atoms with Crippen LogP contribution in [0.2, 0.25) is 0 Å². The smallest absolute Gasteiger partial charge is 0.322 e. The van der Waals surface area contributed by atoms with E-state index in [0.29, 0.717) is 18.0 Å². The average Bonchev–Trinajstić information content (AvgIpc) is 3.21. The molecule has 0 aliphatic carbocycles. The maximum absolute atomic E-state index is 14.1. The minimum absolute atomic E-state index is 0.147. The number of ether oxygens (including phenoxy) is 2. The van der Waals surface area contributed by atoms with Crippen LogP contribution in [0.3, 0.4) is 0 Å². The largest absolute Gasteiger partial charge is 0.454 e. The summed E-state index contributed by atoms with van der Waals surface area (Å²) >= 11 is 0. The minimum Gasteiger partial charge on any atom is -0.454 e. The Balaban J connectivity index is 1.61. The molecule has 0 saturated heterocycles. The summed E-state index contributed by atoms with van der Waals surface area (Å²) in [5.74, 6) is 0.868. The Morgan fingerprint density at radius 3 is 2.55 bits per heavy atom. The molecule has 148 valence electrons. The van der Waals surface area contributed by atoms with Crippen LogP contribution in [0.15, 0.2) is 72.8 Å².